The quantitative estimate of drug-likeness (QED) is 0.823. The lowest BCUT2D eigenvalue weighted by Crippen LogP contribution is -2.30. The van der Waals surface area contributed by atoms with Crippen molar-refractivity contribution in [1.82, 2.24) is 9.88 Å². The molecule has 0 aliphatic carbocycles. The van der Waals surface area contributed by atoms with E-state index >= 15 is 0 Å². The van der Waals surface area contributed by atoms with E-state index in [-0.39, 0.29) is 5.91 Å². The first-order chi connectivity index (χ1) is 10.7. The molecule has 0 N–H and O–H groups in total. The number of carbonyl (C=O) groups excluding carboxylic acids is 1. The van der Waals surface area contributed by atoms with Gasteiger partial charge in [-0.2, -0.15) is 0 Å². The highest BCUT2D eigenvalue weighted by molar-refractivity contribution is 5.96. The van der Waals surface area contributed by atoms with Crippen LogP contribution in [0.2, 0.25) is 0 Å². The molecule has 0 spiro atoms. The predicted molar refractivity (Wildman–Crippen MR) is 84.2 cm³/mol. The van der Waals surface area contributed by atoms with Crippen molar-refractivity contribution < 1.29 is 14.3 Å². The highest BCUT2D eigenvalue weighted by Crippen LogP contribution is 2.18. The van der Waals surface area contributed by atoms with E-state index in [0.717, 1.165) is 11.3 Å². The van der Waals surface area contributed by atoms with E-state index in [4.69, 9.17) is 9.47 Å². The summed E-state index contributed by atoms with van der Waals surface area (Å²) in [6.45, 7) is 3.07. The zero-order chi connectivity index (χ0) is 15.9. The van der Waals surface area contributed by atoms with Gasteiger partial charge < -0.3 is 14.4 Å². The summed E-state index contributed by atoms with van der Waals surface area (Å²) in [6.07, 6.45) is 1.61. The van der Waals surface area contributed by atoms with Gasteiger partial charge in [-0.05, 0) is 36.8 Å². The van der Waals surface area contributed by atoms with Crippen molar-refractivity contribution >= 4 is 5.91 Å². The van der Waals surface area contributed by atoms with Crippen LogP contribution in [0.15, 0.2) is 42.6 Å². The van der Waals surface area contributed by atoms with E-state index in [0.29, 0.717) is 24.5 Å². The molecule has 1 aromatic carbocycles. The topological polar surface area (TPSA) is 51.7 Å². The number of nitrogens with zero attached hydrogens (tertiary/aromatic N) is 2. The molecule has 2 aromatic rings. The highest BCUT2D eigenvalue weighted by Gasteiger charge is 2.19. The van der Waals surface area contributed by atoms with Crippen LogP contribution in [0.4, 0.5) is 0 Å². The van der Waals surface area contributed by atoms with Crippen molar-refractivity contribution in [3.63, 3.8) is 0 Å². The third kappa shape index (κ3) is 3.55. The number of amides is 1. The van der Waals surface area contributed by atoms with Gasteiger partial charge in [-0.3, -0.25) is 4.79 Å². The average molecular weight is 300 g/mol. The molecule has 1 aromatic heterocycles. The Bertz CT molecular complexity index is 626. The fourth-order valence-electron chi connectivity index (χ4n) is 2.17. The maximum absolute atomic E-state index is 12.7. The molecule has 5 nitrogen and oxygen atoms in total. The van der Waals surface area contributed by atoms with Crippen LogP contribution in [-0.2, 0) is 6.54 Å². The maximum Gasteiger partial charge on any atom is 0.259 e. The van der Waals surface area contributed by atoms with E-state index in [9.17, 15) is 4.79 Å². The van der Waals surface area contributed by atoms with E-state index in [1.807, 2.05) is 31.2 Å². The Morgan fingerprint density at radius 1 is 1.14 bits per heavy atom. The minimum atomic E-state index is -0.0942. The van der Waals surface area contributed by atoms with Gasteiger partial charge in [0.05, 0.1) is 14.2 Å². The molecule has 0 bridgehead atoms. The molecule has 0 saturated carbocycles. The van der Waals surface area contributed by atoms with Crippen LogP contribution in [0, 0.1) is 0 Å². The number of hydrogen-bond acceptors (Lipinski definition) is 4. The monoisotopic (exact) mass is 300 g/mol. The molecular weight excluding hydrogens is 280 g/mol. The van der Waals surface area contributed by atoms with Gasteiger partial charge in [-0.1, -0.05) is 12.1 Å². The lowest BCUT2D eigenvalue weighted by Gasteiger charge is -2.21. The Kier molecular flexibility index (Phi) is 5.36. The second-order valence-corrected chi connectivity index (χ2v) is 4.73. The van der Waals surface area contributed by atoms with Crippen LogP contribution in [0.3, 0.4) is 0 Å². The number of carbonyl (C=O) groups is 1. The fourth-order valence-corrected chi connectivity index (χ4v) is 2.17. The Morgan fingerprint density at radius 2 is 1.86 bits per heavy atom. The minimum Gasteiger partial charge on any atom is -0.497 e. The lowest BCUT2D eigenvalue weighted by molar-refractivity contribution is 0.0748. The summed E-state index contributed by atoms with van der Waals surface area (Å²) < 4.78 is 10.3. The third-order valence-electron chi connectivity index (χ3n) is 3.40. The zero-order valence-corrected chi connectivity index (χ0v) is 13.1. The summed E-state index contributed by atoms with van der Waals surface area (Å²) in [4.78, 5) is 18.5. The molecule has 0 fully saturated rings. The largest absolute Gasteiger partial charge is 0.497 e. The fraction of sp³-hybridized carbons (Fsp3) is 0.294. The van der Waals surface area contributed by atoms with Crippen molar-refractivity contribution in [3.05, 3.63) is 53.7 Å². The first-order valence-electron chi connectivity index (χ1n) is 7.10. The smallest absolute Gasteiger partial charge is 0.259 e. The van der Waals surface area contributed by atoms with Gasteiger partial charge in [-0.15, -0.1) is 0 Å². The molecule has 2 rings (SSSR count). The number of aromatic nitrogens is 1. The minimum absolute atomic E-state index is 0.0942. The molecule has 0 radical (unpaired) electrons. The number of rotatable bonds is 6. The Labute approximate surface area is 130 Å². The first kappa shape index (κ1) is 15.8. The Balaban J connectivity index is 2.18. The summed E-state index contributed by atoms with van der Waals surface area (Å²) in [5.41, 5.74) is 1.51. The predicted octanol–water partition coefficient (Wildman–Crippen LogP) is 2.76. The molecule has 5 heteroatoms. The molecule has 0 aliphatic heterocycles. The van der Waals surface area contributed by atoms with Gasteiger partial charge in [0.15, 0.2) is 0 Å². The van der Waals surface area contributed by atoms with Crippen LogP contribution < -0.4 is 9.47 Å². The molecule has 1 heterocycles. The van der Waals surface area contributed by atoms with E-state index in [1.165, 1.54) is 7.11 Å². The molecule has 0 aliphatic rings. The third-order valence-corrected chi connectivity index (χ3v) is 3.40. The van der Waals surface area contributed by atoms with Crippen molar-refractivity contribution in [2.24, 2.45) is 0 Å². The van der Waals surface area contributed by atoms with Gasteiger partial charge in [0.2, 0.25) is 5.88 Å². The van der Waals surface area contributed by atoms with Gasteiger partial charge in [-0.25, -0.2) is 4.98 Å². The number of ether oxygens (including phenoxy) is 2. The summed E-state index contributed by atoms with van der Waals surface area (Å²) in [6, 6.07) is 11.1. The molecule has 116 valence electrons. The maximum atomic E-state index is 12.7. The zero-order valence-electron chi connectivity index (χ0n) is 13.1. The molecule has 0 unspecified atom stereocenters. The van der Waals surface area contributed by atoms with Gasteiger partial charge in [0.25, 0.3) is 5.91 Å². The van der Waals surface area contributed by atoms with Crippen molar-refractivity contribution in [1.29, 1.82) is 0 Å². The average Bonchev–Trinajstić information content (AvgIpc) is 2.59. The summed E-state index contributed by atoms with van der Waals surface area (Å²) in [7, 11) is 3.14. The lowest BCUT2D eigenvalue weighted by atomic mass is 10.1. The molecule has 0 saturated heterocycles. The van der Waals surface area contributed by atoms with Crippen LogP contribution in [0.1, 0.15) is 22.8 Å². The molecular formula is C17H20N2O3. The number of hydrogen-bond donors (Lipinski definition) is 0. The normalized spacial score (nSPS) is 10.1. The van der Waals surface area contributed by atoms with Crippen molar-refractivity contribution in [2.75, 3.05) is 20.8 Å². The standard InChI is InChI=1S/C17H20N2O3/c1-4-19(12-13-7-9-14(21-2)10-8-13)17(20)15-6-5-11-18-16(15)22-3/h5-11H,4,12H2,1-3H3. The second-order valence-electron chi connectivity index (χ2n) is 4.73. The van der Waals surface area contributed by atoms with Gasteiger partial charge in [0.1, 0.15) is 11.3 Å². The molecule has 22 heavy (non-hydrogen) atoms. The van der Waals surface area contributed by atoms with Crippen LogP contribution in [-0.4, -0.2) is 36.6 Å². The van der Waals surface area contributed by atoms with E-state index < -0.39 is 0 Å². The molecule has 0 atom stereocenters. The first-order valence-corrected chi connectivity index (χ1v) is 7.10. The van der Waals surface area contributed by atoms with Gasteiger partial charge in [0, 0.05) is 19.3 Å². The second kappa shape index (κ2) is 7.45. The van der Waals surface area contributed by atoms with Crippen molar-refractivity contribution in [3.8, 4) is 11.6 Å². The highest BCUT2D eigenvalue weighted by atomic mass is 16.5. The van der Waals surface area contributed by atoms with Crippen LogP contribution >= 0.6 is 0 Å². The summed E-state index contributed by atoms with van der Waals surface area (Å²) in [5, 5.41) is 0. The Hall–Kier alpha value is -2.56. The summed E-state index contributed by atoms with van der Waals surface area (Å²) in [5.74, 6) is 1.05. The van der Waals surface area contributed by atoms with E-state index in [1.54, 1.807) is 30.3 Å². The number of benzene rings is 1. The summed E-state index contributed by atoms with van der Waals surface area (Å²) >= 11 is 0. The Morgan fingerprint density at radius 3 is 2.45 bits per heavy atom. The SMILES string of the molecule is CCN(Cc1ccc(OC)cc1)C(=O)c1cccnc1OC. The van der Waals surface area contributed by atoms with Gasteiger partial charge >= 0.3 is 0 Å². The molecule has 1 amide bonds. The van der Waals surface area contributed by atoms with Crippen LogP contribution in [0.5, 0.6) is 11.6 Å². The number of methoxy groups -OCH3 is 2. The van der Waals surface area contributed by atoms with Crippen LogP contribution in [0.25, 0.3) is 0 Å². The van der Waals surface area contributed by atoms with Crippen molar-refractivity contribution in [2.45, 2.75) is 13.5 Å². The number of pyridine rings is 1. The van der Waals surface area contributed by atoms with E-state index in [2.05, 4.69) is 4.98 Å².